The predicted octanol–water partition coefficient (Wildman–Crippen LogP) is 3.77. The van der Waals surface area contributed by atoms with Gasteiger partial charge in [-0.25, -0.2) is 0 Å². The van der Waals surface area contributed by atoms with E-state index in [0.717, 1.165) is 27.9 Å². The molecule has 1 aliphatic rings. The summed E-state index contributed by atoms with van der Waals surface area (Å²) in [6.45, 7) is 4.53. The van der Waals surface area contributed by atoms with Gasteiger partial charge in [0, 0.05) is 17.9 Å². The summed E-state index contributed by atoms with van der Waals surface area (Å²) in [5.74, 6) is 0.999. The largest absolute Gasteiger partial charge is 0.494 e. The summed E-state index contributed by atoms with van der Waals surface area (Å²) in [4.78, 5) is 25.9. The van der Waals surface area contributed by atoms with Crippen molar-refractivity contribution in [2.24, 2.45) is 0 Å². The minimum absolute atomic E-state index is 0.0443. The zero-order chi connectivity index (χ0) is 19.4. The van der Waals surface area contributed by atoms with Crippen molar-refractivity contribution in [1.82, 2.24) is 0 Å². The number of anilines is 2. The number of hydrogen-bond donors (Lipinski definition) is 1. The Labute approximate surface area is 166 Å². The van der Waals surface area contributed by atoms with Crippen molar-refractivity contribution < 1.29 is 19.1 Å². The van der Waals surface area contributed by atoms with Gasteiger partial charge in [-0.05, 0) is 55.3 Å². The Morgan fingerprint density at radius 3 is 2.44 bits per heavy atom. The van der Waals surface area contributed by atoms with Gasteiger partial charge < -0.3 is 19.7 Å². The second kappa shape index (κ2) is 8.43. The Balaban J connectivity index is 1.67. The van der Waals surface area contributed by atoms with Crippen molar-refractivity contribution in [2.45, 2.75) is 20.3 Å². The van der Waals surface area contributed by atoms with Crippen LogP contribution in [0.5, 0.6) is 11.5 Å². The van der Waals surface area contributed by atoms with E-state index in [0.29, 0.717) is 24.6 Å². The number of carbonyl (C=O) groups is 2. The first kappa shape index (κ1) is 19.2. The van der Waals surface area contributed by atoms with E-state index in [1.54, 1.807) is 35.2 Å². The summed E-state index contributed by atoms with van der Waals surface area (Å²) < 4.78 is 11.8. The molecule has 7 heteroatoms. The van der Waals surface area contributed by atoms with Crippen LogP contribution in [0.4, 0.5) is 11.4 Å². The molecule has 3 rings (SSSR count). The molecule has 0 radical (unpaired) electrons. The molecule has 0 saturated carbocycles. The normalized spacial score (nSPS) is 12.5. The van der Waals surface area contributed by atoms with E-state index in [4.69, 9.17) is 9.47 Å². The minimum atomic E-state index is -0.292. The molecular formula is C20H21BrN2O4. The molecule has 0 fully saturated rings. The Morgan fingerprint density at radius 2 is 1.81 bits per heavy atom. The third-order valence-electron chi connectivity index (χ3n) is 4.19. The smallest absolute Gasteiger partial charge is 0.262 e. The Morgan fingerprint density at radius 1 is 1.15 bits per heavy atom. The van der Waals surface area contributed by atoms with Crippen LogP contribution in [0.15, 0.2) is 40.9 Å². The molecule has 0 unspecified atom stereocenters. The lowest BCUT2D eigenvalue weighted by Crippen LogP contribution is -2.28. The van der Waals surface area contributed by atoms with Gasteiger partial charge in [-0.2, -0.15) is 0 Å². The first-order chi connectivity index (χ1) is 13.0. The molecule has 2 amide bonds. The summed E-state index contributed by atoms with van der Waals surface area (Å²) in [5.41, 5.74) is 2.40. The van der Waals surface area contributed by atoms with E-state index in [9.17, 15) is 9.59 Å². The van der Waals surface area contributed by atoms with Crippen molar-refractivity contribution in [3.8, 4) is 11.5 Å². The lowest BCUT2D eigenvalue weighted by Gasteiger charge is -2.19. The quantitative estimate of drug-likeness (QED) is 0.753. The number of nitrogens with one attached hydrogen (secondary N) is 1. The van der Waals surface area contributed by atoms with Gasteiger partial charge in [0.25, 0.3) is 5.91 Å². The van der Waals surface area contributed by atoms with Crippen molar-refractivity contribution in [2.75, 3.05) is 30.0 Å². The second-order valence-corrected chi connectivity index (χ2v) is 7.04. The summed E-state index contributed by atoms with van der Waals surface area (Å²) in [6, 6.07) is 10.9. The molecule has 27 heavy (non-hydrogen) atoms. The summed E-state index contributed by atoms with van der Waals surface area (Å²) >= 11 is 3.46. The molecule has 2 aromatic rings. The van der Waals surface area contributed by atoms with Gasteiger partial charge in [0.15, 0.2) is 6.61 Å². The molecule has 0 aliphatic carbocycles. The van der Waals surface area contributed by atoms with Crippen LogP contribution in [-0.4, -0.2) is 31.6 Å². The number of ether oxygens (including phenoxy) is 2. The third kappa shape index (κ3) is 4.60. The molecule has 6 nitrogen and oxygen atoms in total. The number of hydrogen-bond acceptors (Lipinski definition) is 4. The SMILES string of the molecule is CCOc1ccc(OCC(=O)Nc2cc(Br)cc3c2N(C(C)=O)CC3)cc1. The molecule has 1 heterocycles. The van der Waals surface area contributed by atoms with Gasteiger partial charge in [0.1, 0.15) is 11.5 Å². The van der Waals surface area contributed by atoms with Crippen LogP contribution in [0.3, 0.4) is 0 Å². The van der Waals surface area contributed by atoms with Crippen LogP contribution in [0.2, 0.25) is 0 Å². The first-order valence-corrected chi connectivity index (χ1v) is 9.53. The zero-order valence-corrected chi connectivity index (χ0v) is 16.8. The fourth-order valence-electron chi connectivity index (χ4n) is 3.05. The van der Waals surface area contributed by atoms with E-state index < -0.39 is 0 Å². The standard InChI is InChI=1S/C20H21BrN2O4/c1-3-26-16-4-6-17(7-5-16)27-12-19(25)22-18-11-15(21)10-14-8-9-23(13(2)24)20(14)18/h4-7,10-11H,3,8-9,12H2,1-2H3,(H,22,25). The van der Waals surface area contributed by atoms with E-state index in [2.05, 4.69) is 21.2 Å². The van der Waals surface area contributed by atoms with E-state index >= 15 is 0 Å². The third-order valence-corrected chi connectivity index (χ3v) is 4.64. The molecule has 0 saturated heterocycles. The molecule has 1 N–H and O–H groups in total. The highest BCUT2D eigenvalue weighted by molar-refractivity contribution is 9.10. The second-order valence-electron chi connectivity index (χ2n) is 6.12. The van der Waals surface area contributed by atoms with Crippen molar-refractivity contribution in [3.05, 3.63) is 46.4 Å². The van der Waals surface area contributed by atoms with Crippen LogP contribution < -0.4 is 19.7 Å². The average molecular weight is 433 g/mol. The van der Waals surface area contributed by atoms with Crippen LogP contribution in [0.1, 0.15) is 19.4 Å². The lowest BCUT2D eigenvalue weighted by molar-refractivity contribution is -0.118. The molecule has 0 bridgehead atoms. The van der Waals surface area contributed by atoms with Crippen LogP contribution in [-0.2, 0) is 16.0 Å². The number of rotatable bonds is 6. The van der Waals surface area contributed by atoms with E-state index in [1.165, 1.54) is 6.92 Å². The maximum absolute atomic E-state index is 12.4. The molecule has 1 aliphatic heterocycles. The van der Waals surface area contributed by atoms with Crippen LogP contribution in [0.25, 0.3) is 0 Å². The fourth-order valence-corrected chi connectivity index (χ4v) is 3.56. The van der Waals surface area contributed by atoms with Crippen LogP contribution in [0, 0.1) is 0 Å². The first-order valence-electron chi connectivity index (χ1n) is 8.74. The number of nitrogens with zero attached hydrogens (tertiary/aromatic N) is 1. The van der Waals surface area contributed by atoms with E-state index in [-0.39, 0.29) is 18.4 Å². The molecule has 0 aromatic heterocycles. The lowest BCUT2D eigenvalue weighted by atomic mass is 10.1. The summed E-state index contributed by atoms with van der Waals surface area (Å²) in [6.07, 6.45) is 0.764. The molecule has 0 spiro atoms. The maximum Gasteiger partial charge on any atom is 0.262 e. The number of amides is 2. The topological polar surface area (TPSA) is 67.9 Å². The molecule has 2 aromatic carbocycles. The van der Waals surface area contributed by atoms with Gasteiger partial charge >= 0.3 is 0 Å². The van der Waals surface area contributed by atoms with Crippen molar-refractivity contribution in [1.29, 1.82) is 0 Å². The molecular weight excluding hydrogens is 412 g/mol. The van der Waals surface area contributed by atoms with Gasteiger partial charge in [-0.1, -0.05) is 15.9 Å². The minimum Gasteiger partial charge on any atom is -0.494 e. The van der Waals surface area contributed by atoms with Gasteiger partial charge in [0.2, 0.25) is 5.91 Å². The summed E-state index contributed by atoms with van der Waals surface area (Å²) in [5, 5.41) is 2.86. The van der Waals surface area contributed by atoms with Gasteiger partial charge in [-0.15, -0.1) is 0 Å². The highest BCUT2D eigenvalue weighted by atomic mass is 79.9. The monoisotopic (exact) mass is 432 g/mol. The highest BCUT2D eigenvalue weighted by Gasteiger charge is 2.26. The van der Waals surface area contributed by atoms with E-state index in [1.807, 2.05) is 13.0 Å². The van der Waals surface area contributed by atoms with Crippen molar-refractivity contribution >= 4 is 39.1 Å². The number of fused-ring (bicyclic) bond motifs is 1. The zero-order valence-electron chi connectivity index (χ0n) is 15.3. The molecule has 142 valence electrons. The van der Waals surface area contributed by atoms with Gasteiger partial charge in [0.05, 0.1) is 18.0 Å². The van der Waals surface area contributed by atoms with Gasteiger partial charge in [-0.3, -0.25) is 9.59 Å². The van der Waals surface area contributed by atoms with Crippen molar-refractivity contribution in [3.63, 3.8) is 0 Å². The van der Waals surface area contributed by atoms with Crippen LogP contribution >= 0.6 is 15.9 Å². The Hall–Kier alpha value is -2.54. The fraction of sp³-hybridized carbons (Fsp3) is 0.300. The number of carbonyl (C=O) groups excluding carboxylic acids is 2. The Kier molecular flexibility index (Phi) is 6.01. The molecule has 0 atom stereocenters. The average Bonchev–Trinajstić information content (AvgIpc) is 3.05. The highest BCUT2D eigenvalue weighted by Crippen LogP contribution is 2.38. The maximum atomic E-state index is 12.4. The predicted molar refractivity (Wildman–Crippen MR) is 108 cm³/mol. The Bertz CT molecular complexity index is 852. The number of halogens is 1. The number of benzene rings is 2. The summed E-state index contributed by atoms with van der Waals surface area (Å²) in [7, 11) is 0.